The summed E-state index contributed by atoms with van der Waals surface area (Å²) in [7, 11) is 0. The Bertz CT molecular complexity index is 452. The smallest absolute Gasteiger partial charge is 0.325 e. The Morgan fingerprint density at radius 1 is 1.45 bits per heavy atom. The maximum atomic E-state index is 11.9. The van der Waals surface area contributed by atoms with Crippen molar-refractivity contribution in [1.82, 2.24) is 9.78 Å². The molecule has 0 aliphatic rings. The minimum absolute atomic E-state index is 0.0599. The van der Waals surface area contributed by atoms with Crippen molar-refractivity contribution in [3.63, 3.8) is 0 Å². The molecule has 2 unspecified atom stereocenters. The second kappa shape index (κ2) is 6.88. The van der Waals surface area contributed by atoms with Crippen LogP contribution in [-0.4, -0.2) is 27.9 Å². The lowest BCUT2D eigenvalue weighted by Crippen LogP contribution is -2.47. The Balaban J connectivity index is 2.87. The molecule has 2 N–H and O–H groups in total. The molecule has 2 atom stereocenters. The van der Waals surface area contributed by atoms with E-state index in [4.69, 9.17) is 10.5 Å². The fourth-order valence-electron chi connectivity index (χ4n) is 2.39. The molecule has 1 rings (SSSR count). The summed E-state index contributed by atoms with van der Waals surface area (Å²) in [6, 6.07) is 2.18. The second-order valence-electron chi connectivity index (χ2n) is 5.47. The highest BCUT2D eigenvalue weighted by atomic mass is 16.5. The first kappa shape index (κ1) is 16.7. The summed E-state index contributed by atoms with van der Waals surface area (Å²) in [5, 5.41) is 4.60. The molecular formula is C15H27N3O2. The first-order valence-corrected chi connectivity index (χ1v) is 7.39. The number of rotatable bonds is 7. The number of ether oxygens (including phenoxy) is 1. The number of hydrogen-bond acceptors (Lipinski definition) is 4. The third-order valence-corrected chi connectivity index (χ3v) is 3.47. The zero-order chi connectivity index (χ0) is 15.3. The Kier molecular flexibility index (Phi) is 5.74. The summed E-state index contributed by atoms with van der Waals surface area (Å²) in [4.78, 5) is 11.9. The Labute approximate surface area is 121 Å². The van der Waals surface area contributed by atoms with Crippen molar-refractivity contribution in [2.75, 3.05) is 6.61 Å². The van der Waals surface area contributed by atoms with Crippen LogP contribution in [0.4, 0.5) is 0 Å². The molecule has 0 amide bonds. The molecule has 1 aromatic rings. The molecule has 0 bridgehead atoms. The zero-order valence-electron chi connectivity index (χ0n) is 13.3. The van der Waals surface area contributed by atoms with E-state index in [-0.39, 0.29) is 12.0 Å². The van der Waals surface area contributed by atoms with Gasteiger partial charge >= 0.3 is 5.97 Å². The molecule has 0 aliphatic heterocycles. The molecule has 5 heteroatoms. The molecule has 20 heavy (non-hydrogen) atoms. The first-order chi connectivity index (χ1) is 9.35. The van der Waals surface area contributed by atoms with Gasteiger partial charge in [0.05, 0.1) is 18.3 Å². The van der Waals surface area contributed by atoms with Crippen molar-refractivity contribution >= 4 is 5.97 Å². The van der Waals surface area contributed by atoms with Gasteiger partial charge in [-0.05, 0) is 46.1 Å². The van der Waals surface area contributed by atoms with Gasteiger partial charge in [0.15, 0.2) is 0 Å². The Morgan fingerprint density at radius 3 is 2.60 bits per heavy atom. The molecule has 1 aromatic heterocycles. The van der Waals surface area contributed by atoms with Gasteiger partial charge in [-0.15, -0.1) is 0 Å². The van der Waals surface area contributed by atoms with E-state index < -0.39 is 5.54 Å². The van der Waals surface area contributed by atoms with Crippen LogP contribution in [0.2, 0.25) is 0 Å². The Morgan fingerprint density at radius 2 is 2.10 bits per heavy atom. The predicted octanol–water partition coefficient (Wildman–Crippen LogP) is 2.24. The molecule has 0 aliphatic carbocycles. The van der Waals surface area contributed by atoms with E-state index in [1.165, 1.54) is 5.69 Å². The molecule has 0 saturated heterocycles. The van der Waals surface area contributed by atoms with E-state index in [1.807, 2.05) is 11.6 Å². The fourth-order valence-corrected chi connectivity index (χ4v) is 2.39. The average Bonchev–Trinajstić information content (AvgIpc) is 2.81. The monoisotopic (exact) mass is 281 g/mol. The van der Waals surface area contributed by atoms with Crippen molar-refractivity contribution in [3.8, 4) is 0 Å². The van der Waals surface area contributed by atoms with E-state index >= 15 is 0 Å². The standard InChI is InChI=1S/C15H27N3O2/c1-6-12-9-13(7-2)18(17-12)11(4)10-15(5,16)14(19)20-8-3/h9,11H,6-8,10,16H2,1-5H3. The quantitative estimate of drug-likeness (QED) is 0.778. The normalized spacial score (nSPS) is 15.7. The van der Waals surface area contributed by atoms with Crippen molar-refractivity contribution in [3.05, 3.63) is 17.5 Å². The summed E-state index contributed by atoms with van der Waals surface area (Å²) >= 11 is 0. The van der Waals surface area contributed by atoms with E-state index in [0.717, 1.165) is 18.5 Å². The van der Waals surface area contributed by atoms with Gasteiger partial charge in [-0.25, -0.2) is 0 Å². The van der Waals surface area contributed by atoms with Crippen LogP contribution >= 0.6 is 0 Å². The highest BCUT2D eigenvalue weighted by molar-refractivity contribution is 5.80. The summed E-state index contributed by atoms with van der Waals surface area (Å²) in [5.74, 6) is -0.354. The third-order valence-electron chi connectivity index (χ3n) is 3.47. The summed E-state index contributed by atoms with van der Waals surface area (Å²) < 4.78 is 7.02. The van der Waals surface area contributed by atoms with Crippen LogP contribution < -0.4 is 5.73 Å². The lowest BCUT2D eigenvalue weighted by atomic mass is 9.95. The van der Waals surface area contributed by atoms with E-state index in [1.54, 1.807) is 13.8 Å². The summed E-state index contributed by atoms with van der Waals surface area (Å²) in [6.07, 6.45) is 2.33. The van der Waals surface area contributed by atoms with E-state index in [9.17, 15) is 4.79 Å². The molecule has 114 valence electrons. The lowest BCUT2D eigenvalue weighted by Gasteiger charge is -2.26. The summed E-state index contributed by atoms with van der Waals surface area (Å²) in [6.45, 7) is 10.1. The van der Waals surface area contributed by atoms with Gasteiger partial charge in [0.1, 0.15) is 5.54 Å². The van der Waals surface area contributed by atoms with Gasteiger partial charge in [0.25, 0.3) is 0 Å². The van der Waals surface area contributed by atoms with Crippen molar-refractivity contribution in [1.29, 1.82) is 0 Å². The van der Waals surface area contributed by atoms with Crippen LogP contribution in [0.3, 0.4) is 0 Å². The molecule has 0 aromatic carbocycles. The topological polar surface area (TPSA) is 70.1 Å². The largest absolute Gasteiger partial charge is 0.465 e. The second-order valence-corrected chi connectivity index (χ2v) is 5.47. The number of nitrogens with zero attached hydrogens (tertiary/aromatic N) is 2. The molecule has 5 nitrogen and oxygen atoms in total. The molecule has 1 heterocycles. The van der Waals surface area contributed by atoms with Gasteiger partial charge in [-0.2, -0.15) is 5.10 Å². The minimum atomic E-state index is -0.987. The van der Waals surface area contributed by atoms with Crippen molar-refractivity contribution in [2.45, 2.75) is 65.5 Å². The fraction of sp³-hybridized carbons (Fsp3) is 0.733. The molecule has 0 radical (unpaired) electrons. The predicted molar refractivity (Wildman–Crippen MR) is 79.5 cm³/mol. The van der Waals surface area contributed by atoms with E-state index in [2.05, 4.69) is 25.0 Å². The number of hydrogen-bond donors (Lipinski definition) is 1. The highest BCUT2D eigenvalue weighted by Gasteiger charge is 2.33. The lowest BCUT2D eigenvalue weighted by molar-refractivity contribution is -0.149. The van der Waals surface area contributed by atoms with E-state index in [0.29, 0.717) is 13.0 Å². The van der Waals surface area contributed by atoms with Crippen LogP contribution in [0.5, 0.6) is 0 Å². The number of esters is 1. The van der Waals surface area contributed by atoms with Crippen molar-refractivity contribution < 1.29 is 9.53 Å². The average molecular weight is 281 g/mol. The summed E-state index contributed by atoms with van der Waals surface area (Å²) in [5.41, 5.74) is 7.36. The Hall–Kier alpha value is -1.36. The number of carbonyl (C=O) groups is 1. The van der Waals surface area contributed by atoms with Crippen molar-refractivity contribution in [2.24, 2.45) is 5.73 Å². The molecule has 0 saturated carbocycles. The van der Waals surface area contributed by atoms with Gasteiger partial charge in [0.2, 0.25) is 0 Å². The van der Waals surface area contributed by atoms with Crippen LogP contribution in [0.15, 0.2) is 6.07 Å². The first-order valence-electron chi connectivity index (χ1n) is 7.39. The maximum Gasteiger partial charge on any atom is 0.325 e. The number of aromatic nitrogens is 2. The minimum Gasteiger partial charge on any atom is -0.465 e. The van der Waals surface area contributed by atoms with Gasteiger partial charge in [0, 0.05) is 5.69 Å². The highest BCUT2D eigenvalue weighted by Crippen LogP contribution is 2.22. The number of nitrogens with two attached hydrogens (primary N) is 1. The van der Waals surface area contributed by atoms with Crippen LogP contribution in [0, 0.1) is 0 Å². The molecule has 0 fully saturated rings. The van der Waals surface area contributed by atoms with Gasteiger partial charge in [-0.1, -0.05) is 13.8 Å². The van der Waals surface area contributed by atoms with Crippen LogP contribution in [-0.2, 0) is 22.4 Å². The SMILES string of the molecule is CCOC(=O)C(C)(N)CC(C)n1nc(CC)cc1CC. The zero-order valence-corrected chi connectivity index (χ0v) is 13.3. The van der Waals surface area contributed by atoms with Crippen LogP contribution in [0.25, 0.3) is 0 Å². The van der Waals surface area contributed by atoms with Crippen LogP contribution in [0.1, 0.15) is 58.5 Å². The third kappa shape index (κ3) is 3.82. The number of aryl methyl sites for hydroxylation is 2. The number of carbonyl (C=O) groups excluding carboxylic acids is 1. The van der Waals surface area contributed by atoms with Gasteiger partial charge in [-0.3, -0.25) is 9.48 Å². The molecule has 0 spiro atoms. The molecular weight excluding hydrogens is 254 g/mol. The maximum absolute atomic E-state index is 11.9. The van der Waals surface area contributed by atoms with Gasteiger partial charge < -0.3 is 10.5 Å².